The molecule has 0 aliphatic rings. The summed E-state index contributed by atoms with van der Waals surface area (Å²) < 4.78 is 0. The Morgan fingerprint density at radius 1 is 1.88 bits per heavy atom. The van der Waals surface area contributed by atoms with Crippen molar-refractivity contribution in [2.45, 2.75) is 6.92 Å². The lowest BCUT2D eigenvalue weighted by atomic mass is 10.4. The average Bonchev–Trinajstić information content (AvgIpc) is 1.66. The van der Waals surface area contributed by atoms with Gasteiger partial charge in [0.15, 0.2) is 5.78 Å². The maximum atomic E-state index is 10.0. The van der Waals surface area contributed by atoms with Crippen LogP contribution in [0.1, 0.15) is 6.92 Å². The second-order valence-electron chi connectivity index (χ2n) is 1.13. The van der Waals surface area contributed by atoms with Gasteiger partial charge >= 0.3 is 0 Å². The topological polar surface area (TPSA) is 65.8 Å². The number of nitrogens with zero attached hydrogens (tertiary/aromatic N) is 3. The lowest BCUT2D eigenvalue weighted by Gasteiger charge is -1.69. The first kappa shape index (κ1) is 6.72. The van der Waals surface area contributed by atoms with Gasteiger partial charge in [-0.25, -0.2) is 0 Å². The van der Waals surface area contributed by atoms with Gasteiger partial charge in [-0.1, -0.05) is 5.11 Å². The van der Waals surface area contributed by atoms with Gasteiger partial charge in [-0.3, -0.25) is 4.79 Å². The Labute approximate surface area is 46.4 Å². The molecular formula is C4H5N3O. The van der Waals surface area contributed by atoms with Crippen molar-refractivity contribution in [1.29, 1.82) is 0 Å². The molecule has 8 heavy (non-hydrogen) atoms. The summed E-state index contributed by atoms with van der Waals surface area (Å²) in [5.74, 6) is -0.127. The van der Waals surface area contributed by atoms with Gasteiger partial charge in [0, 0.05) is 11.1 Å². The highest BCUT2D eigenvalue weighted by molar-refractivity contribution is 5.87. The van der Waals surface area contributed by atoms with Gasteiger partial charge in [-0.2, -0.15) is 0 Å². The number of rotatable bonds is 2. The molecular weight excluding hydrogens is 106 g/mol. The third-order valence-corrected chi connectivity index (χ3v) is 0.428. The van der Waals surface area contributed by atoms with Gasteiger partial charge in [-0.05, 0) is 18.5 Å². The van der Waals surface area contributed by atoms with E-state index in [9.17, 15) is 4.79 Å². The third kappa shape index (κ3) is 4.72. The summed E-state index contributed by atoms with van der Waals surface area (Å²) >= 11 is 0. The maximum Gasteiger partial charge on any atom is 0.152 e. The molecule has 0 aromatic carbocycles. The third-order valence-electron chi connectivity index (χ3n) is 0.428. The smallest absolute Gasteiger partial charge is 0.152 e. The fourth-order valence-corrected chi connectivity index (χ4v) is 0.168. The molecule has 0 aromatic heterocycles. The lowest BCUT2D eigenvalue weighted by Crippen LogP contribution is -1.76. The molecule has 0 saturated heterocycles. The zero-order valence-corrected chi connectivity index (χ0v) is 4.40. The molecule has 0 rings (SSSR count). The summed E-state index contributed by atoms with van der Waals surface area (Å²) in [7, 11) is 0. The molecule has 0 bridgehead atoms. The minimum Gasteiger partial charge on any atom is -0.295 e. The Bertz CT molecular complexity index is 151. The van der Waals surface area contributed by atoms with Crippen LogP contribution >= 0.6 is 0 Å². The first-order valence-corrected chi connectivity index (χ1v) is 1.98. The Hall–Kier alpha value is -1.28. The largest absolute Gasteiger partial charge is 0.295 e. The van der Waals surface area contributed by atoms with Crippen LogP contribution in [0.25, 0.3) is 10.4 Å². The van der Waals surface area contributed by atoms with Crippen LogP contribution in [-0.2, 0) is 4.79 Å². The molecule has 0 saturated carbocycles. The molecule has 4 nitrogen and oxygen atoms in total. The monoisotopic (exact) mass is 111 g/mol. The van der Waals surface area contributed by atoms with Gasteiger partial charge in [0.05, 0.1) is 0 Å². The first-order chi connectivity index (χ1) is 3.77. The first-order valence-electron chi connectivity index (χ1n) is 1.98. The zero-order chi connectivity index (χ0) is 6.41. The van der Waals surface area contributed by atoms with Crippen molar-refractivity contribution < 1.29 is 4.79 Å². The lowest BCUT2D eigenvalue weighted by molar-refractivity contribution is -0.112. The highest BCUT2D eigenvalue weighted by Crippen LogP contribution is 1.75. The van der Waals surface area contributed by atoms with E-state index in [0.29, 0.717) is 0 Å². The Morgan fingerprint density at radius 3 is 2.88 bits per heavy atom. The minimum atomic E-state index is -0.127. The zero-order valence-electron chi connectivity index (χ0n) is 4.40. The maximum absolute atomic E-state index is 10.0. The van der Waals surface area contributed by atoms with Crippen LogP contribution in [0.15, 0.2) is 17.4 Å². The highest BCUT2D eigenvalue weighted by Gasteiger charge is 1.75. The highest BCUT2D eigenvalue weighted by atomic mass is 16.1. The van der Waals surface area contributed by atoms with E-state index in [4.69, 9.17) is 5.53 Å². The van der Waals surface area contributed by atoms with E-state index in [2.05, 4.69) is 10.0 Å². The molecule has 0 aliphatic carbocycles. The SMILES string of the molecule is CC(=O)/C=C/N=[N+]=[N-]. The van der Waals surface area contributed by atoms with Crippen molar-refractivity contribution in [2.75, 3.05) is 0 Å². The van der Waals surface area contributed by atoms with Gasteiger partial charge in [-0.15, -0.1) is 0 Å². The van der Waals surface area contributed by atoms with Crippen molar-refractivity contribution in [2.24, 2.45) is 5.11 Å². The summed E-state index contributed by atoms with van der Waals surface area (Å²) in [4.78, 5) is 12.4. The number of carbonyl (C=O) groups excluding carboxylic acids is 1. The average molecular weight is 111 g/mol. The standard InChI is InChI=1S/C4H5N3O/c1-4(8)2-3-6-7-5/h2-3H,1H3/b3-2+. The number of hydrogen-bond acceptors (Lipinski definition) is 2. The van der Waals surface area contributed by atoms with Gasteiger partial charge in [0.2, 0.25) is 0 Å². The predicted octanol–water partition coefficient (Wildman–Crippen LogP) is 1.40. The van der Waals surface area contributed by atoms with Gasteiger partial charge in [0.25, 0.3) is 0 Å². The summed E-state index contributed by atoms with van der Waals surface area (Å²) in [6.07, 6.45) is 2.31. The van der Waals surface area contributed by atoms with Crippen LogP contribution in [-0.4, -0.2) is 5.78 Å². The van der Waals surface area contributed by atoms with E-state index < -0.39 is 0 Å². The van der Waals surface area contributed by atoms with Crippen LogP contribution in [0.4, 0.5) is 0 Å². The summed E-state index contributed by atoms with van der Waals surface area (Å²) in [6, 6.07) is 0. The van der Waals surface area contributed by atoms with E-state index in [0.717, 1.165) is 6.20 Å². The van der Waals surface area contributed by atoms with Gasteiger partial charge in [0.1, 0.15) is 0 Å². The molecule has 42 valence electrons. The quantitative estimate of drug-likeness (QED) is 0.230. The van der Waals surface area contributed by atoms with Crippen molar-refractivity contribution >= 4 is 5.78 Å². The van der Waals surface area contributed by atoms with Crippen LogP contribution in [0.5, 0.6) is 0 Å². The second-order valence-corrected chi connectivity index (χ2v) is 1.13. The molecule has 0 unspecified atom stereocenters. The van der Waals surface area contributed by atoms with E-state index >= 15 is 0 Å². The molecule has 0 amide bonds. The van der Waals surface area contributed by atoms with Gasteiger partial charge < -0.3 is 0 Å². The molecule has 0 fully saturated rings. The molecule has 0 aromatic rings. The van der Waals surface area contributed by atoms with E-state index in [-0.39, 0.29) is 5.78 Å². The molecule has 0 atom stereocenters. The number of ketones is 1. The summed E-state index contributed by atoms with van der Waals surface area (Å²) in [5, 5.41) is 2.99. The number of allylic oxidation sites excluding steroid dienone is 1. The fourth-order valence-electron chi connectivity index (χ4n) is 0.168. The van der Waals surface area contributed by atoms with Crippen molar-refractivity contribution in [1.82, 2.24) is 0 Å². The van der Waals surface area contributed by atoms with E-state index in [1.165, 1.54) is 13.0 Å². The fraction of sp³-hybridized carbons (Fsp3) is 0.250. The number of carbonyl (C=O) groups is 1. The van der Waals surface area contributed by atoms with Crippen LogP contribution in [0.3, 0.4) is 0 Å². The van der Waals surface area contributed by atoms with E-state index in [1.54, 1.807) is 0 Å². The van der Waals surface area contributed by atoms with E-state index in [1.807, 2.05) is 0 Å². The molecule has 0 N–H and O–H groups in total. The van der Waals surface area contributed by atoms with Crippen molar-refractivity contribution in [3.8, 4) is 0 Å². The van der Waals surface area contributed by atoms with Crippen LogP contribution in [0, 0.1) is 0 Å². The normalized spacial score (nSPS) is 8.62. The Balaban J connectivity index is 3.67. The predicted molar refractivity (Wildman–Crippen MR) is 29.0 cm³/mol. The molecule has 0 spiro atoms. The Morgan fingerprint density at radius 2 is 2.50 bits per heavy atom. The molecule has 0 radical (unpaired) electrons. The molecule has 0 aliphatic heterocycles. The molecule has 4 heteroatoms. The second kappa shape index (κ2) is 3.89. The summed E-state index contributed by atoms with van der Waals surface area (Å²) in [5.41, 5.74) is 7.67. The minimum absolute atomic E-state index is 0.127. The number of hydrogen-bond donors (Lipinski definition) is 0. The van der Waals surface area contributed by atoms with Crippen LogP contribution < -0.4 is 0 Å². The van der Waals surface area contributed by atoms with Crippen LogP contribution in [0.2, 0.25) is 0 Å². The molecule has 0 heterocycles. The Kier molecular flexibility index (Phi) is 3.27. The van der Waals surface area contributed by atoms with Crippen molar-refractivity contribution in [3.05, 3.63) is 22.7 Å². The summed E-state index contributed by atoms with van der Waals surface area (Å²) in [6.45, 7) is 1.38. The number of azide groups is 1. The van der Waals surface area contributed by atoms with Crippen molar-refractivity contribution in [3.63, 3.8) is 0 Å².